The lowest BCUT2D eigenvalue weighted by molar-refractivity contribution is 0.267. The Morgan fingerprint density at radius 1 is 1.32 bits per heavy atom. The predicted octanol–water partition coefficient (Wildman–Crippen LogP) is 1.21. The van der Waals surface area contributed by atoms with Gasteiger partial charge in [0.2, 0.25) is 10.0 Å². The van der Waals surface area contributed by atoms with Gasteiger partial charge < -0.3 is 10.6 Å². The molecule has 140 valence electrons. The number of nitrogens with one attached hydrogen (secondary N) is 3. The van der Waals surface area contributed by atoms with E-state index >= 15 is 0 Å². The van der Waals surface area contributed by atoms with E-state index in [2.05, 4.69) is 32.2 Å². The molecule has 1 heterocycles. The van der Waals surface area contributed by atoms with Gasteiger partial charge in [0.25, 0.3) is 0 Å². The third kappa shape index (κ3) is 6.21. The molecule has 0 saturated carbocycles. The van der Waals surface area contributed by atoms with Crippen molar-refractivity contribution in [3.63, 3.8) is 0 Å². The standard InChI is InChI=1S/C17H29N5O2S/c1-4-22-11-7-9-15(22)13-20-17(18-2)19-12-14-8-5-6-10-16(14)21-25(3,23)24/h5-6,8,10,15,21H,4,7,9,11-13H2,1-3H3,(H2,18,19,20). The van der Waals surface area contributed by atoms with E-state index in [0.29, 0.717) is 18.3 Å². The van der Waals surface area contributed by atoms with Gasteiger partial charge in [-0.05, 0) is 37.6 Å². The minimum Gasteiger partial charge on any atom is -0.355 e. The van der Waals surface area contributed by atoms with Gasteiger partial charge in [-0.3, -0.25) is 14.6 Å². The number of benzene rings is 1. The smallest absolute Gasteiger partial charge is 0.229 e. The van der Waals surface area contributed by atoms with Gasteiger partial charge in [-0.2, -0.15) is 0 Å². The number of nitrogens with zero attached hydrogens (tertiary/aromatic N) is 2. The molecule has 1 aliphatic heterocycles. The Morgan fingerprint density at radius 2 is 2.08 bits per heavy atom. The zero-order chi connectivity index (χ0) is 18.3. The van der Waals surface area contributed by atoms with Gasteiger partial charge in [-0.25, -0.2) is 8.42 Å². The second-order valence-corrected chi connectivity index (χ2v) is 8.01. The highest BCUT2D eigenvalue weighted by Crippen LogP contribution is 2.16. The van der Waals surface area contributed by atoms with Crippen LogP contribution in [0.25, 0.3) is 0 Å². The lowest BCUT2D eigenvalue weighted by Gasteiger charge is -2.24. The lowest BCUT2D eigenvalue weighted by atomic mass is 10.2. The molecule has 0 aromatic heterocycles. The van der Waals surface area contributed by atoms with E-state index < -0.39 is 10.0 Å². The number of likely N-dealkylation sites (N-methyl/N-ethyl adjacent to an activating group) is 1. The average molecular weight is 368 g/mol. The maximum absolute atomic E-state index is 11.5. The molecule has 1 aromatic carbocycles. The zero-order valence-electron chi connectivity index (χ0n) is 15.2. The van der Waals surface area contributed by atoms with Crippen molar-refractivity contribution in [2.45, 2.75) is 32.4 Å². The first-order valence-electron chi connectivity index (χ1n) is 8.67. The minimum atomic E-state index is -3.30. The number of anilines is 1. The summed E-state index contributed by atoms with van der Waals surface area (Å²) in [4.78, 5) is 6.73. The summed E-state index contributed by atoms with van der Waals surface area (Å²) in [5.74, 6) is 0.720. The first kappa shape index (κ1) is 19.5. The van der Waals surface area contributed by atoms with Crippen molar-refractivity contribution < 1.29 is 8.42 Å². The maximum Gasteiger partial charge on any atom is 0.229 e. The van der Waals surface area contributed by atoms with Crippen LogP contribution in [0.2, 0.25) is 0 Å². The highest BCUT2D eigenvalue weighted by molar-refractivity contribution is 7.92. The number of hydrogen-bond donors (Lipinski definition) is 3. The summed E-state index contributed by atoms with van der Waals surface area (Å²) in [6.45, 7) is 5.77. The van der Waals surface area contributed by atoms with E-state index in [1.54, 1.807) is 13.1 Å². The van der Waals surface area contributed by atoms with Crippen molar-refractivity contribution in [2.75, 3.05) is 37.7 Å². The van der Waals surface area contributed by atoms with Crippen LogP contribution in [0.4, 0.5) is 5.69 Å². The summed E-state index contributed by atoms with van der Waals surface area (Å²) >= 11 is 0. The second kappa shape index (κ2) is 9.05. The van der Waals surface area contributed by atoms with E-state index in [-0.39, 0.29) is 0 Å². The fourth-order valence-corrected chi connectivity index (χ4v) is 3.73. The molecule has 7 nitrogen and oxygen atoms in total. The van der Waals surface area contributed by atoms with Gasteiger partial charge >= 0.3 is 0 Å². The zero-order valence-corrected chi connectivity index (χ0v) is 16.1. The molecule has 1 fully saturated rings. The number of hydrogen-bond acceptors (Lipinski definition) is 4. The molecule has 1 saturated heterocycles. The van der Waals surface area contributed by atoms with Crippen LogP contribution < -0.4 is 15.4 Å². The quantitative estimate of drug-likeness (QED) is 0.498. The summed E-state index contributed by atoms with van der Waals surface area (Å²) < 4.78 is 25.5. The molecule has 25 heavy (non-hydrogen) atoms. The third-order valence-electron chi connectivity index (χ3n) is 4.39. The SMILES string of the molecule is CCN1CCCC1CNC(=NC)NCc1ccccc1NS(C)(=O)=O. The fourth-order valence-electron chi connectivity index (χ4n) is 3.13. The molecule has 1 unspecified atom stereocenters. The molecule has 0 amide bonds. The maximum atomic E-state index is 11.5. The van der Waals surface area contributed by atoms with Crippen LogP contribution in [0, 0.1) is 0 Å². The molecular weight excluding hydrogens is 338 g/mol. The molecule has 8 heteroatoms. The molecular formula is C17H29N5O2S. The number of likely N-dealkylation sites (tertiary alicyclic amines) is 1. The molecule has 1 aliphatic rings. The van der Waals surface area contributed by atoms with Crippen LogP contribution in [0.3, 0.4) is 0 Å². The topological polar surface area (TPSA) is 85.8 Å². The van der Waals surface area contributed by atoms with Crippen LogP contribution in [-0.2, 0) is 16.6 Å². The Kier molecular flexibility index (Phi) is 7.07. The van der Waals surface area contributed by atoms with Crippen LogP contribution in [0.5, 0.6) is 0 Å². The van der Waals surface area contributed by atoms with Crippen LogP contribution in [0.15, 0.2) is 29.3 Å². The second-order valence-electron chi connectivity index (χ2n) is 6.26. The highest BCUT2D eigenvalue weighted by Gasteiger charge is 2.22. The minimum absolute atomic E-state index is 0.487. The Bertz CT molecular complexity index is 690. The number of aliphatic imine (C=N–C) groups is 1. The lowest BCUT2D eigenvalue weighted by Crippen LogP contribution is -2.44. The van der Waals surface area contributed by atoms with Gasteiger partial charge in [0.15, 0.2) is 5.96 Å². The summed E-state index contributed by atoms with van der Waals surface area (Å²) in [7, 11) is -1.57. The van der Waals surface area contributed by atoms with Gasteiger partial charge in [-0.15, -0.1) is 0 Å². The van der Waals surface area contributed by atoms with E-state index in [1.807, 2.05) is 18.2 Å². The normalized spacial score (nSPS) is 19.0. The average Bonchev–Trinajstić information content (AvgIpc) is 3.02. The molecule has 0 aliphatic carbocycles. The first-order chi connectivity index (χ1) is 11.9. The molecule has 0 bridgehead atoms. The Labute approximate surface area is 151 Å². The first-order valence-corrected chi connectivity index (χ1v) is 10.6. The monoisotopic (exact) mass is 367 g/mol. The predicted molar refractivity (Wildman–Crippen MR) is 103 cm³/mol. The van der Waals surface area contributed by atoms with E-state index in [1.165, 1.54) is 19.4 Å². The summed E-state index contributed by atoms with van der Waals surface area (Å²) in [6.07, 6.45) is 3.61. The Balaban J connectivity index is 1.91. The van der Waals surface area contributed by atoms with Crippen molar-refractivity contribution in [1.82, 2.24) is 15.5 Å². The Hall–Kier alpha value is -1.80. The van der Waals surface area contributed by atoms with Crippen LogP contribution in [0.1, 0.15) is 25.3 Å². The molecule has 3 N–H and O–H groups in total. The van der Waals surface area contributed by atoms with Gasteiger partial charge in [0.05, 0.1) is 11.9 Å². The number of guanidine groups is 1. The van der Waals surface area contributed by atoms with Gasteiger partial charge in [0.1, 0.15) is 0 Å². The molecule has 0 spiro atoms. The molecule has 1 aromatic rings. The fraction of sp³-hybridized carbons (Fsp3) is 0.588. The van der Waals surface area contributed by atoms with E-state index in [0.717, 1.165) is 30.9 Å². The van der Waals surface area contributed by atoms with Crippen molar-refractivity contribution in [1.29, 1.82) is 0 Å². The van der Waals surface area contributed by atoms with Gasteiger partial charge in [-0.1, -0.05) is 25.1 Å². The highest BCUT2D eigenvalue weighted by atomic mass is 32.2. The Morgan fingerprint density at radius 3 is 2.76 bits per heavy atom. The third-order valence-corrected chi connectivity index (χ3v) is 4.98. The summed E-state index contributed by atoms with van der Waals surface area (Å²) in [5, 5.41) is 6.63. The molecule has 2 rings (SSSR count). The van der Waals surface area contributed by atoms with Crippen LogP contribution in [-0.4, -0.2) is 58.3 Å². The van der Waals surface area contributed by atoms with E-state index in [9.17, 15) is 8.42 Å². The van der Waals surface area contributed by atoms with E-state index in [4.69, 9.17) is 0 Å². The number of rotatable bonds is 7. The molecule has 0 radical (unpaired) electrons. The summed E-state index contributed by atoms with van der Waals surface area (Å²) in [6, 6.07) is 7.89. The summed E-state index contributed by atoms with van der Waals surface area (Å²) in [5.41, 5.74) is 1.45. The van der Waals surface area contributed by atoms with Gasteiger partial charge in [0, 0.05) is 26.2 Å². The largest absolute Gasteiger partial charge is 0.355 e. The van der Waals surface area contributed by atoms with Crippen molar-refractivity contribution in [3.8, 4) is 0 Å². The van der Waals surface area contributed by atoms with Crippen molar-refractivity contribution in [2.24, 2.45) is 4.99 Å². The number of sulfonamides is 1. The van der Waals surface area contributed by atoms with Crippen molar-refractivity contribution in [3.05, 3.63) is 29.8 Å². The van der Waals surface area contributed by atoms with Crippen molar-refractivity contribution >= 4 is 21.7 Å². The van der Waals surface area contributed by atoms with Crippen LogP contribution >= 0.6 is 0 Å². The number of para-hydroxylation sites is 1. The molecule has 1 atom stereocenters.